The summed E-state index contributed by atoms with van der Waals surface area (Å²) in [6.07, 6.45) is 2.96. The van der Waals surface area contributed by atoms with Gasteiger partial charge < -0.3 is 4.74 Å². The number of rotatable bonds is 9. The molecule has 0 radical (unpaired) electrons. The summed E-state index contributed by atoms with van der Waals surface area (Å²) in [5.41, 5.74) is 0.961. The van der Waals surface area contributed by atoms with Gasteiger partial charge in [-0.1, -0.05) is 38.0 Å². The van der Waals surface area contributed by atoms with E-state index in [-0.39, 0.29) is 0 Å². The standard InChI is InChI=1S/C17H23NO3S2/c1-3-4-5-12-18(23(19,20)17-7-6-13-22-17)14-15-8-10-16(21-2)11-9-15/h6-11,13H,3-5,12,14H2,1-2H3. The zero-order valence-electron chi connectivity index (χ0n) is 13.6. The van der Waals surface area contributed by atoms with E-state index in [9.17, 15) is 8.42 Å². The lowest BCUT2D eigenvalue weighted by molar-refractivity contribution is 0.394. The molecule has 0 bridgehead atoms. The first-order valence-corrected chi connectivity index (χ1v) is 10.1. The minimum Gasteiger partial charge on any atom is -0.497 e. The Hall–Kier alpha value is -1.37. The fourth-order valence-electron chi connectivity index (χ4n) is 2.29. The van der Waals surface area contributed by atoms with Gasteiger partial charge in [-0.15, -0.1) is 11.3 Å². The Morgan fingerprint density at radius 1 is 1.13 bits per heavy atom. The Morgan fingerprint density at radius 2 is 1.87 bits per heavy atom. The Kier molecular flexibility index (Phi) is 6.62. The zero-order chi connectivity index (χ0) is 16.7. The van der Waals surface area contributed by atoms with Gasteiger partial charge in [-0.3, -0.25) is 0 Å². The first-order valence-electron chi connectivity index (χ1n) is 7.74. The third-order valence-electron chi connectivity index (χ3n) is 3.62. The van der Waals surface area contributed by atoms with Crippen molar-refractivity contribution in [3.63, 3.8) is 0 Å². The lowest BCUT2D eigenvalue weighted by atomic mass is 10.2. The molecule has 0 unspecified atom stereocenters. The van der Waals surface area contributed by atoms with E-state index < -0.39 is 10.0 Å². The van der Waals surface area contributed by atoms with E-state index in [1.165, 1.54) is 11.3 Å². The molecule has 0 saturated carbocycles. The van der Waals surface area contributed by atoms with Crippen molar-refractivity contribution in [2.75, 3.05) is 13.7 Å². The molecule has 6 heteroatoms. The molecular formula is C17H23NO3S2. The van der Waals surface area contributed by atoms with E-state index in [0.29, 0.717) is 17.3 Å². The van der Waals surface area contributed by atoms with Gasteiger partial charge in [0.15, 0.2) is 0 Å². The highest BCUT2D eigenvalue weighted by Crippen LogP contribution is 2.24. The highest BCUT2D eigenvalue weighted by atomic mass is 32.2. The van der Waals surface area contributed by atoms with Crippen LogP contribution in [0.3, 0.4) is 0 Å². The van der Waals surface area contributed by atoms with Gasteiger partial charge in [-0.05, 0) is 35.6 Å². The molecule has 2 aromatic rings. The molecule has 1 aromatic heterocycles. The Labute approximate surface area is 142 Å². The SMILES string of the molecule is CCCCCN(Cc1ccc(OC)cc1)S(=O)(=O)c1cccs1. The van der Waals surface area contributed by atoms with Gasteiger partial charge in [0, 0.05) is 13.1 Å². The molecule has 0 N–H and O–H groups in total. The summed E-state index contributed by atoms with van der Waals surface area (Å²) in [6, 6.07) is 11.0. The van der Waals surface area contributed by atoms with Gasteiger partial charge in [0.05, 0.1) is 7.11 Å². The lowest BCUT2D eigenvalue weighted by Gasteiger charge is -2.21. The van der Waals surface area contributed by atoms with Crippen molar-refractivity contribution in [1.82, 2.24) is 4.31 Å². The number of unbranched alkanes of at least 4 members (excludes halogenated alkanes) is 2. The van der Waals surface area contributed by atoms with Crippen LogP contribution in [0.5, 0.6) is 5.75 Å². The molecule has 0 saturated heterocycles. The average Bonchev–Trinajstić information content (AvgIpc) is 3.10. The predicted octanol–water partition coefficient (Wildman–Crippen LogP) is 4.14. The monoisotopic (exact) mass is 353 g/mol. The zero-order valence-corrected chi connectivity index (χ0v) is 15.2. The molecule has 0 aliphatic rings. The van der Waals surface area contributed by atoms with E-state index in [1.807, 2.05) is 24.3 Å². The normalized spacial score (nSPS) is 11.8. The largest absolute Gasteiger partial charge is 0.497 e. The van der Waals surface area contributed by atoms with Crippen LogP contribution in [-0.4, -0.2) is 26.4 Å². The van der Waals surface area contributed by atoms with E-state index >= 15 is 0 Å². The van der Waals surface area contributed by atoms with Crippen molar-refractivity contribution in [3.05, 3.63) is 47.3 Å². The van der Waals surface area contributed by atoms with Crippen LogP contribution >= 0.6 is 11.3 Å². The van der Waals surface area contributed by atoms with Crippen LogP contribution in [0, 0.1) is 0 Å². The highest BCUT2D eigenvalue weighted by molar-refractivity contribution is 7.91. The number of hydrogen-bond acceptors (Lipinski definition) is 4. The fraction of sp³-hybridized carbons (Fsp3) is 0.412. The van der Waals surface area contributed by atoms with Gasteiger partial charge in [0.2, 0.25) is 0 Å². The van der Waals surface area contributed by atoms with Gasteiger partial charge in [-0.2, -0.15) is 4.31 Å². The third kappa shape index (κ3) is 4.80. The second-order valence-corrected chi connectivity index (χ2v) is 8.44. The van der Waals surface area contributed by atoms with E-state index in [2.05, 4.69) is 6.92 Å². The van der Waals surface area contributed by atoms with Crippen molar-refractivity contribution in [1.29, 1.82) is 0 Å². The second-order valence-electron chi connectivity index (χ2n) is 5.33. The minimum atomic E-state index is -3.43. The number of ether oxygens (including phenoxy) is 1. The summed E-state index contributed by atoms with van der Waals surface area (Å²) in [5.74, 6) is 0.771. The Bertz CT molecular complexity index is 679. The van der Waals surface area contributed by atoms with Crippen LogP contribution in [0.1, 0.15) is 31.7 Å². The van der Waals surface area contributed by atoms with Crippen molar-refractivity contribution >= 4 is 21.4 Å². The summed E-state index contributed by atoms with van der Waals surface area (Å²) in [4.78, 5) is 0. The number of methoxy groups -OCH3 is 1. The molecule has 0 aliphatic carbocycles. The second kappa shape index (κ2) is 8.47. The van der Waals surface area contributed by atoms with Gasteiger partial charge in [0.25, 0.3) is 10.0 Å². The van der Waals surface area contributed by atoms with Crippen molar-refractivity contribution < 1.29 is 13.2 Å². The molecule has 4 nitrogen and oxygen atoms in total. The maximum Gasteiger partial charge on any atom is 0.252 e. The molecule has 0 atom stereocenters. The van der Waals surface area contributed by atoms with Crippen LogP contribution in [-0.2, 0) is 16.6 Å². The number of nitrogens with zero attached hydrogens (tertiary/aromatic N) is 1. The molecule has 0 spiro atoms. The molecule has 23 heavy (non-hydrogen) atoms. The van der Waals surface area contributed by atoms with Crippen molar-refractivity contribution in [2.24, 2.45) is 0 Å². The predicted molar refractivity (Wildman–Crippen MR) is 94.4 cm³/mol. The van der Waals surface area contributed by atoms with Crippen LogP contribution in [0.4, 0.5) is 0 Å². The Morgan fingerprint density at radius 3 is 2.43 bits per heavy atom. The average molecular weight is 354 g/mol. The molecule has 0 fully saturated rings. The highest BCUT2D eigenvalue weighted by Gasteiger charge is 2.25. The number of hydrogen-bond donors (Lipinski definition) is 0. The number of benzene rings is 1. The molecule has 0 amide bonds. The topological polar surface area (TPSA) is 46.6 Å². The first-order chi connectivity index (χ1) is 11.1. The molecule has 1 heterocycles. The number of sulfonamides is 1. The summed E-state index contributed by atoms with van der Waals surface area (Å²) >= 11 is 1.26. The van der Waals surface area contributed by atoms with Crippen LogP contribution in [0.15, 0.2) is 46.0 Å². The van der Waals surface area contributed by atoms with E-state index in [4.69, 9.17) is 4.74 Å². The van der Waals surface area contributed by atoms with E-state index in [1.54, 1.807) is 28.9 Å². The van der Waals surface area contributed by atoms with Crippen molar-refractivity contribution in [2.45, 2.75) is 36.9 Å². The van der Waals surface area contributed by atoms with Gasteiger partial charge >= 0.3 is 0 Å². The summed E-state index contributed by atoms with van der Waals surface area (Å²) in [6.45, 7) is 3.04. The van der Waals surface area contributed by atoms with Crippen LogP contribution in [0.2, 0.25) is 0 Å². The summed E-state index contributed by atoms with van der Waals surface area (Å²) in [7, 11) is -1.81. The maximum atomic E-state index is 12.8. The van der Waals surface area contributed by atoms with E-state index in [0.717, 1.165) is 30.6 Å². The molecular weight excluding hydrogens is 330 g/mol. The molecule has 0 aliphatic heterocycles. The Balaban J connectivity index is 2.19. The maximum absolute atomic E-state index is 12.8. The summed E-state index contributed by atoms with van der Waals surface area (Å²) in [5, 5.41) is 1.80. The third-order valence-corrected chi connectivity index (χ3v) is 6.84. The quantitative estimate of drug-likeness (QED) is 0.637. The van der Waals surface area contributed by atoms with Gasteiger partial charge in [0.1, 0.15) is 9.96 Å². The van der Waals surface area contributed by atoms with Crippen LogP contribution < -0.4 is 4.74 Å². The minimum absolute atomic E-state index is 0.383. The lowest BCUT2D eigenvalue weighted by Crippen LogP contribution is -2.31. The first kappa shape index (κ1) is 18.0. The van der Waals surface area contributed by atoms with Crippen molar-refractivity contribution in [3.8, 4) is 5.75 Å². The van der Waals surface area contributed by atoms with Gasteiger partial charge in [-0.25, -0.2) is 8.42 Å². The smallest absolute Gasteiger partial charge is 0.252 e. The molecule has 2 rings (SSSR count). The number of thiophene rings is 1. The molecule has 1 aromatic carbocycles. The fourth-order valence-corrected chi connectivity index (χ4v) is 4.91. The molecule has 126 valence electrons. The van der Waals surface area contributed by atoms with Crippen LogP contribution in [0.25, 0.3) is 0 Å². The summed E-state index contributed by atoms with van der Waals surface area (Å²) < 4.78 is 32.8.